The second-order valence-electron chi connectivity index (χ2n) is 11.2. The van der Waals surface area contributed by atoms with Crippen molar-refractivity contribution in [2.45, 2.75) is 47.5 Å². The molecule has 4 aromatic rings. The van der Waals surface area contributed by atoms with Gasteiger partial charge in [0, 0.05) is 6.54 Å². The molecule has 0 amide bonds. The van der Waals surface area contributed by atoms with Gasteiger partial charge < -0.3 is 45.1 Å². The molecule has 4 aromatic carbocycles. The molecule has 12 heteroatoms. The topological polar surface area (TPSA) is 148 Å². The number of ether oxygens (including phenoxy) is 4. The number of carbonyl (C=O) groups is 2. The summed E-state index contributed by atoms with van der Waals surface area (Å²) in [5.74, 6) is -2.48. The molecule has 0 fully saturated rings. The molecule has 50 heavy (non-hydrogen) atoms. The molecule has 0 saturated carbocycles. The van der Waals surface area contributed by atoms with Gasteiger partial charge >= 0.3 is 0 Å². The van der Waals surface area contributed by atoms with Crippen molar-refractivity contribution >= 4 is 40.0 Å². The number of aromatic hydroxyl groups is 2. The maximum atomic E-state index is 17.2. The number of carbonyl (C=O) groups excluding carboxylic acids is 2. The molecule has 11 nitrogen and oxygen atoms in total. The third-order valence-electron chi connectivity index (χ3n) is 8.02. The third-order valence-corrected chi connectivity index (χ3v) is 8.02. The van der Waals surface area contributed by atoms with Crippen LogP contribution in [0.25, 0.3) is 0 Å². The number of unbranched alkanes of at least 4 members (excludes halogenated alkanes) is 1. The molecule has 0 spiro atoms. The molecule has 0 radical (unpaired) electrons. The molecular formula is C38H42FN3O8. The smallest absolute Gasteiger partial charge is 0.201 e. The summed E-state index contributed by atoms with van der Waals surface area (Å²) in [6.07, 6.45) is 1.44. The van der Waals surface area contributed by atoms with E-state index in [4.69, 9.17) is 18.9 Å². The van der Waals surface area contributed by atoms with Crippen molar-refractivity contribution in [2.24, 2.45) is 0 Å². The first-order chi connectivity index (χ1) is 24.2. The number of hydrogen-bond acceptors (Lipinski definition) is 11. The predicted molar refractivity (Wildman–Crippen MR) is 191 cm³/mol. The zero-order valence-corrected chi connectivity index (χ0v) is 28.8. The lowest BCUT2D eigenvalue weighted by Gasteiger charge is -2.29. The summed E-state index contributed by atoms with van der Waals surface area (Å²) in [6.45, 7) is 10.8. The molecule has 1 aliphatic rings. The lowest BCUT2D eigenvalue weighted by molar-refractivity contribution is 0.0971. The van der Waals surface area contributed by atoms with Crippen LogP contribution in [0.2, 0.25) is 0 Å². The third kappa shape index (κ3) is 6.65. The number of para-hydroxylation sites is 2. The first-order valence-electron chi connectivity index (χ1n) is 16.8. The van der Waals surface area contributed by atoms with E-state index in [1.165, 1.54) is 0 Å². The molecule has 5 N–H and O–H groups in total. The van der Waals surface area contributed by atoms with Gasteiger partial charge in [0.2, 0.25) is 11.6 Å². The molecule has 0 aliphatic heterocycles. The molecular weight excluding hydrogens is 645 g/mol. The molecule has 0 unspecified atom stereocenters. The monoisotopic (exact) mass is 687 g/mol. The Bertz CT molecular complexity index is 1860. The van der Waals surface area contributed by atoms with Crippen LogP contribution in [0.5, 0.6) is 34.5 Å². The summed E-state index contributed by atoms with van der Waals surface area (Å²) in [4.78, 5) is 28.7. The number of ketones is 2. The van der Waals surface area contributed by atoms with Crippen LogP contribution < -0.4 is 34.9 Å². The Morgan fingerprint density at radius 2 is 0.980 bits per heavy atom. The summed E-state index contributed by atoms with van der Waals surface area (Å²) in [5, 5.41) is 31.3. The Balaban J connectivity index is 1.92. The van der Waals surface area contributed by atoms with E-state index in [0.717, 1.165) is 18.6 Å². The molecule has 5 rings (SSSR count). The largest absolute Gasteiger partial charge is 0.507 e. The van der Waals surface area contributed by atoms with Crippen molar-refractivity contribution in [1.29, 1.82) is 0 Å². The van der Waals surface area contributed by atoms with Gasteiger partial charge in [0.15, 0.2) is 5.82 Å². The average Bonchev–Trinajstić information content (AvgIpc) is 3.09. The fourth-order valence-corrected chi connectivity index (χ4v) is 5.88. The average molecular weight is 688 g/mol. The highest BCUT2D eigenvalue weighted by Gasteiger charge is 2.41. The first-order valence-corrected chi connectivity index (χ1v) is 16.8. The van der Waals surface area contributed by atoms with E-state index in [2.05, 4.69) is 16.0 Å². The number of anilines is 5. The zero-order chi connectivity index (χ0) is 35.9. The Labute approximate surface area is 290 Å². The van der Waals surface area contributed by atoms with Gasteiger partial charge in [0.05, 0.1) is 65.7 Å². The molecule has 1 aliphatic carbocycles. The van der Waals surface area contributed by atoms with Gasteiger partial charge in [-0.1, -0.05) is 25.5 Å². The number of halogens is 1. The van der Waals surface area contributed by atoms with E-state index in [1.54, 1.807) is 36.4 Å². The molecule has 0 saturated heterocycles. The van der Waals surface area contributed by atoms with E-state index in [0.29, 0.717) is 60.6 Å². The number of phenolic OH excluding ortho intramolecular Hbond substituents is 2. The van der Waals surface area contributed by atoms with Gasteiger partial charge in [-0.25, -0.2) is 4.39 Å². The number of nitrogens with one attached hydrogen (secondary N) is 3. The standard InChI is InChI=1S/C38H42FN3O8/c1-6-11-20-40-35-31(39)29-30(38(46)28-22(44)19-18-21(43)27(28)37(29)45)34(41-32-23(47-7-2)14-12-15-24(32)48-8-3)36(35)42-33-25(49-9-4)16-13-17-26(33)50-10-5/h12-19,40-44H,6-11,20H2,1-5H3. The van der Waals surface area contributed by atoms with Crippen molar-refractivity contribution in [3.05, 3.63) is 76.6 Å². The van der Waals surface area contributed by atoms with Crippen LogP contribution in [0.3, 0.4) is 0 Å². The lowest BCUT2D eigenvalue weighted by atomic mass is 9.80. The van der Waals surface area contributed by atoms with Crippen molar-refractivity contribution in [3.8, 4) is 34.5 Å². The number of phenols is 2. The quantitative estimate of drug-likeness (QED) is 0.0504. The minimum absolute atomic E-state index is 0.0194. The molecule has 0 aromatic heterocycles. The molecule has 0 atom stereocenters. The minimum atomic E-state index is -1.02. The van der Waals surface area contributed by atoms with Crippen LogP contribution in [0.15, 0.2) is 48.5 Å². The van der Waals surface area contributed by atoms with Gasteiger partial charge in [0.1, 0.15) is 45.9 Å². The first kappa shape index (κ1) is 35.7. The summed E-state index contributed by atoms with van der Waals surface area (Å²) < 4.78 is 41.0. The highest BCUT2D eigenvalue weighted by molar-refractivity contribution is 6.33. The van der Waals surface area contributed by atoms with Crippen molar-refractivity contribution in [3.63, 3.8) is 0 Å². The van der Waals surface area contributed by atoms with Crippen molar-refractivity contribution in [2.75, 3.05) is 48.9 Å². The Morgan fingerprint density at radius 3 is 1.40 bits per heavy atom. The maximum Gasteiger partial charge on any atom is 0.201 e. The van der Waals surface area contributed by atoms with Crippen LogP contribution in [0.4, 0.5) is 32.8 Å². The van der Waals surface area contributed by atoms with Gasteiger partial charge in [-0.2, -0.15) is 0 Å². The fraction of sp³-hybridized carbons (Fsp3) is 0.316. The maximum absolute atomic E-state index is 17.2. The SMILES string of the molecule is CCCCNc1c(F)c2c(c(Nc3c(OCC)cccc3OCC)c1Nc1c(OCC)cccc1OCC)C(=O)c1c(O)ccc(O)c1C2=O. The summed E-state index contributed by atoms with van der Waals surface area (Å²) in [6, 6.07) is 12.6. The van der Waals surface area contributed by atoms with Crippen LogP contribution in [0, 0.1) is 5.82 Å². The van der Waals surface area contributed by atoms with E-state index in [9.17, 15) is 19.8 Å². The Kier molecular flexibility index (Phi) is 11.2. The zero-order valence-electron chi connectivity index (χ0n) is 28.8. The van der Waals surface area contributed by atoms with Crippen LogP contribution in [0.1, 0.15) is 79.3 Å². The number of hydrogen-bond donors (Lipinski definition) is 5. The molecule has 264 valence electrons. The number of rotatable bonds is 16. The lowest BCUT2D eigenvalue weighted by Crippen LogP contribution is -2.26. The van der Waals surface area contributed by atoms with E-state index in [-0.39, 0.29) is 35.8 Å². The van der Waals surface area contributed by atoms with Crippen LogP contribution in [-0.4, -0.2) is 54.8 Å². The van der Waals surface area contributed by atoms with Crippen molar-refractivity contribution < 1.29 is 43.1 Å². The minimum Gasteiger partial charge on any atom is -0.507 e. The summed E-state index contributed by atoms with van der Waals surface area (Å²) in [5.41, 5.74) is -1.33. The van der Waals surface area contributed by atoms with Gasteiger partial charge in [-0.3, -0.25) is 9.59 Å². The molecule has 0 bridgehead atoms. The van der Waals surface area contributed by atoms with Gasteiger partial charge in [0.25, 0.3) is 0 Å². The van der Waals surface area contributed by atoms with Crippen molar-refractivity contribution in [1.82, 2.24) is 0 Å². The second-order valence-corrected chi connectivity index (χ2v) is 11.2. The highest BCUT2D eigenvalue weighted by Crippen LogP contribution is 2.51. The fourth-order valence-electron chi connectivity index (χ4n) is 5.88. The van der Waals surface area contributed by atoms with E-state index < -0.39 is 45.6 Å². The van der Waals surface area contributed by atoms with Crippen LogP contribution >= 0.6 is 0 Å². The number of benzene rings is 4. The highest BCUT2D eigenvalue weighted by atomic mass is 19.1. The predicted octanol–water partition coefficient (Wildman–Crippen LogP) is 8.31. The Hall–Kier alpha value is -5.65. The summed E-state index contributed by atoms with van der Waals surface area (Å²) >= 11 is 0. The second kappa shape index (κ2) is 15.7. The van der Waals surface area contributed by atoms with E-state index >= 15 is 4.39 Å². The van der Waals surface area contributed by atoms with E-state index in [1.807, 2.05) is 34.6 Å². The molecule has 0 heterocycles. The summed E-state index contributed by atoms with van der Waals surface area (Å²) in [7, 11) is 0. The number of fused-ring (bicyclic) bond motifs is 2. The van der Waals surface area contributed by atoms with Gasteiger partial charge in [-0.15, -0.1) is 0 Å². The Morgan fingerprint density at radius 1 is 0.560 bits per heavy atom. The van der Waals surface area contributed by atoms with Gasteiger partial charge in [-0.05, 0) is 70.5 Å². The normalized spacial score (nSPS) is 11.8. The van der Waals surface area contributed by atoms with Crippen LogP contribution in [-0.2, 0) is 0 Å².